The average Bonchev–Trinajstić information content (AvgIpc) is 3.41. The third-order valence-corrected chi connectivity index (χ3v) is 7.32. The van der Waals surface area contributed by atoms with Crippen molar-refractivity contribution in [1.29, 1.82) is 0 Å². The van der Waals surface area contributed by atoms with E-state index in [9.17, 15) is 24.6 Å². The van der Waals surface area contributed by atoms with E-state index in [2.05, 4.69) is 4.98 Å². The first kappa shape index (κ1) is 27.6. The summed E-state index contributed by atoms with van der Waals surface area (Å²) in [7, 11) is 1.52. The summed E-state index contributed by atoms with van der Waals surface area (Å²) in [6.07, 6.45) is 0. The molecular formula is C28H28N2O8S. The third-order valence-electron chi connectivity index (χ3n) is 6.18. The Hall–Kier alpha value is -4.38. The highest BCUT2D eigenvalue weighted by Crippen LogP contribution is 2.45. The van der Waals surface area contributed by atoms with Crippen LogP contribution >= 0.6 is 11.3 Å². The van der Waals surface area contributed by atoms with Gasteiger partial charge in [-0.25, -0.2) is 9.78 Å². The van der Waals surface area contributed by atoms with Crippen molar-refractivity contribution in [3.8, 4) is 17.2 Å². The highest BCUT2D eigenvalue weighted by atomic mass is 32.1. The zero-order chi connectivity index (χ0) is 28.4. The fourth-order valence-electron chi connectivity index (χ4n) is 4.36. The molecule has 2 heterocycles. The molecule has 1 amide bonds. The van der Waals surface area contributed by atoms with Gasteiger partial charge >= 0.3 is 11.9 Å². The third kappa shape index (κ3) is 5.05. The van der Waals surface area contributed by atoms with Gasteiger partial charge in [-0.15, -0.1) is 0 Å². The number of ether oxygens (including phenoxy) is 3. The molecule has 0 aliphatic carbocycles. The van der Waals surface area contributed by atoms with Gasteiger partial charge in [0.15, 0.2) is 16.6 Å². The highest BCUT2D eigenvalue weighted by Gasteiger charge is 2.48. The van der Waals surface area contributed by atoms with E-state index in [1.807, 2.05) is 0 Å². The first-order valence-corrected chi connectivity index (χ1v) is 13.0. The van der Waals surface area contributed by atoms with Crippen molar-refractivity contribution in [3.63, 3.8) is 0 Å². The van der Waals surface area contributed by atoms with Gasteiger partial charge in [-0.2, -0.15) is 0 Å². The number of anilines is 1. The number of esters is 1. The van der Waals surface area contributed by atoms with E-state index in [0.717, 1.165) is 16.2 Å². The molecule has 1 unspecified atom stereocenters. The van der Waals surface area contributed by atoms with Crippen LogP contribution in [-0.4, -0.2) is 53.2 Å². The molecule has 0 saturated carbocycles. The molecule has 10 nitrogen and oxygen atoms in total. The lowest BCUT2D eigenvalue weighted by atomic mass is 9.93. The van der Waals surface area contributed by atoms with Crippen LogP contribution in [0, 0.1) is 13.8 Å². The second-order valence-electron chi connectivity index (χ2n) is 8.64. The van der Waals surface area contributed by atoms with Gasteiger partial charge in [0.05, 0.1) is 37.6 Å². The summed E-state index contributed by atoms with van der Waals surface area (Å²) in [5.74, 6) is -2.25. The number of amides is 1. The van der Waals surface area contributed by atoms with Gasteiger partial charge in [-0.05, 0) is 69.2 Å². The predicted molar refractivity (Wildman–Crippen MR) is 145 cm³/mol. The van der Waals surface area contributed by atoms with E-state index < -0.39 is 23.7 Å². The fraction of sp³-hybridized carbons (Fsp3) is 0.286. The van der Waals surface area contributed by atoms with Crippen molar-refractivity contribution in [2.24, 2.45) is 0 Å². The summed E-state index contributed by atoms with van der Waals surface area (Å²) in [4.78, 5) is 45.2. The molecule has 1 saturated heterocycles. The van der Waals surface area contributed by atoms with E-state index in [1.165, 1.54) is 25.3 Å². The topological polar surface area (TPSA) is 135 Å². The summed E-state index contributed by atoms with van der Waals surface area (Å²) < 4.78 is 15.9. The van der Waals surface area contributed by atoms with Crippen LogP contribution in [0.4, 0.5) is 5.13 Å². The molecule has 39 heavy (non-hydrogen) atoms. The molecule has 0 radical (unpaired) electrons. The molecule has 1 aliphatic heterocycles. The monoisotopic (exact) mass is 552 g/mol. The van der Waals surface area contributed by atoms with Gasteiger partial charge in [0, 0.05) is 5.56 Å². The molecule has 1 atom stereocenters. The highest BCUT2D eigenvalue weighted by molar-refractivity contribution is 7.17. The largest absolute Gasteiger partial charge is 0.507 e. The standard InChI is InChI=1S/C28H28N2O8S/c1-6-37-20-13-16(8-11-19(20)31)22-21(23(32)18-10-9-17(36-5)12-14(18)3)24(33)26(34)30(22)28-29-15(4)25(39-28)27(35)38-7-2/h8-13,22,31-32H,6-7H2,1-5H3/b23-21+. The van der Waals surface area contributed by atoms with Crippen molar-refractivity contribution >= 4 is 39.9 Å². The Labute approximate surface area is 229 Å². The van der Waals surface area contributed by atoms with Gasteiger partial charge in [0.1, 0.15) is 16.4 Å². The van der Waals surface area contributed by atoms with Crippen LogP contribution in [0.3, 0.4) is 0 Å². The van der Waals surface area contributed by atoms with Crippen LogP contribution in [0.15, 0.2) is 42.0 Å². The predicted octanol–water partition coefficient (Wildman–Crippen LogP) is 4.68. The van der Waals surface area contributed by atoms with E-state index in [4.69, 9.17) is 14.2 Å². The van der Waals surface area contributed by atoms with Crippen LogP contribution in [0.5, 0.6) is 17.2 Å². The summed E-state index contributed by atoms with van der Waals surface area (Å²) >= 11 is 0.910. The first-order chi connectivity index (χ1) is 18.6. The number of carbonyl (C=O) groups excluding carboxylic acids is 3. The maximum Gasteiger partial charge on any atom is 0.350 e. The normalized spacial score (nSPS) is 16.4. The molecule has 204 valence electrons. The lowest BCUT2D eigenvalue weighted by Crippen LogP contribution is -2.29. The zero-order valence-electron chi connectivity index (χ0n) is 22.1. The Morgan fingerprint density at radius 3 is 2.49 bits per heavy atom. The van der Waals surface area contributed by atoms with Crippen molar-refractivity contribution in [1.82, 2.24) is 4.98 Å². The number of phenolic OH excluding ortho intramolecular Hbond substituents is 1. The molecule has 0 spiro atoms. The molecule has 0 bridgehead atoms. The summed E-state index contributed by atoms with van der Waals surface area (Å²) in [5.41, 5.74) is 1.50. The van der Waals surface area contributed by atoms with E-state index in [0.29, 0.717) is 28.1 Å². The van der Waals surface area contributed by atoms with Gasteiger partial charge in [0.25, 0.3) is 5.78 Å². The van der Waals surface area contributed by atoms with Crippen LogP contribution in [0.1, 0.15) is 51.9 Å². The maximum absolute atomic E-state index is 13.5. The molecule has 11 heteroatoms. The quantitative estimate of drug-likeness (QED) is 0.177. The number of aromatic nitrogens is 1. The minimum Gasteiger partial charge on any atom is -0.507 e. The molecule has 1 fully saturated rings. The zero-order valence-corrected chi connectivity index (χ0v) is 22.9. The lowest BCUT2D eigenvalue weighted by Gasteiger charge is -2.24. The summed E-state index contributed by atoms with van der Waals surface area (Å²) in [6.45, 7) is 7.19. The smallest absolute Gasteiger partial charge is 0.350 e. The van der Waals surface area contributed by atoms with Gasteiger partial charge < -0.3 is 24.4 Å². The number of methoxy groups -OCH3 is 1. The average molecular weight is 553 g/mol. The summed E-state index contributed by atoms with van der Waals surface area (Å²) in [5, 5.41) is 21.8. The van der Waals surface area contributed by atoms with Crippen LogP contribution in [-0.2, 0) is 14.3 Å². The first-order valence-electron chi connectivity index (χ1n) is 12.2. The van der Waals surface area contributed by atoms with E-state index in [-0.39, 0.29) is 46.1 Å². The van der Waals surface area contributed by atoms with Crippen molar-refractivity contribution in [2.75, 3.05) is 25.2 Å². The Kier molecular flexibility index (Phi) is 7.91. The van der Waals surface area contributed by atoms with E-state index >= 15 is 0 Å². The number of aromatic hydroxyl groups is 1. The van der Waals surface area contributed by atoms with Crippen LogP contribution in [0.2, 0.25) is 0 Å². The number of aryl methyl sites for hydroxylation is 2. The number of nitrogens with zero attached hydrogens (tertiary/aromatic N) is 2. The van der Waals surface area contributed by atoms with Gasteiger partial charge in [0.2, 0.25) is 0 Å². The SMILES string of the molecule is CCOC(=O)c1sc(N2C(=O)C(=O)/C(=C(/O)c3ccc(OC)cc3C)C2c2ccc(O)c(OCC)c2)nc1C. The molecule has 2 aromatic carbocycles. The number of hydrogen-bond donors (Lipinski definition) is 2. The Balaban J connectivity index is 1.96. The van der Waals surface area contributed by atoms with Crippen LogP contribution in [0.25, 0.3) is 5.76 Å². The minimum absolute atomic E-state index is 0.0826. The number of rotatable bonds is 8. The number of carbonyl (C=O) groups is 3. The summed E-state index contributed by atoms with van der Waals surface area (Å²) in [6, 6.07) is 8.22. The van der Waals surface area contributed by atoms with Gasteiger partial charge in [-0.1, -0.05) is 17.4 Å². The van der Waals surface area contributed by atoms with Crippen molar-refractivity contribution in [2.45, 2.75) is 33.7 Å². The Bertz CT molecular complexity index is 1490. The number of Topliss-reactive ketones (excluding diaryl/α,β-unsaturated/α-hetero) is 1. The molecule has 1 aromatic heterocycles. The molecule has 1 aliphatic rings. The Morgan fingerprint density at radius 2 is 1.85 bits per heavy atom. The molecule has 4 rings (SSSR count). The second kappa shape index (κ2) is 11.2. The number of hydrogen-bond acceptors (Lipinski definition) is 10. The fourth-order valence-corrected chi connectivity index (χ4v) is 5.35. The number of aliphatic hydroxyl groups excluding tert-OH is 1. The molecular weight excluding hydrogens is 524 g/mol. The lowest BCUT2D eigenvalue weighted by molar-refractivity contribution is -0.132. The number of aliphatic hydroxyl groups is 1. The number of thiazole rings is 1. The molecule has 3 aromatic rings. The van der Waals surface area contributed by atoms with Crippen LogP contribution < -0.4 is 14.4 Å². The molecule has 2 N–H and O–H groups in total. The number of ketones is 1. The maximum atomic E-state index is 13.5. The van der Waals surface area contributed by atoms with Crippen molar-refractivity contribution < 1.29 is 38.8 Å². The number of phenols is 1. The Morgan fingerprint density at radius 1 is 1.10 bits per heavy atom. The second-order valence-corrected chi connectivity index (χ2v) is 9.62. The minimum atomic E-state index is -1.13. The van der Waals surface area contributed by atoms with Crippen molar-refractivity contribution in [3.05, 3.63) is 69.2 Å². The van der Waals surface area contributed by atoms with Gasteiger partial charge in [-0.3, -0.25) is 14.5 Å². The number of benzene rings is 2. The van der Waals surface area contributed by atoms with E-state index in [1.54, 1.807) is 45.9 Å².